The van der Waals surface area contributed by atoms with Gasteiger partial charge in [0, 0.05) is 11.6 Å². The van der Waals surface area contributed by atoms with Crippen LogP contribution in [0.3, 0.4) is 0 Å². The third kappa shape index (κ3) is 5.03. The minimum Gasteiger partial charge on any atom is -0.349 e. The molecule has 1 amide bonds. The van der Waals surface area contributed by atoms with Gasteiger partial charge in [-0.3, -0.25) is 4.79 Å². The summed E-state index contributed by atoms with van der Waals surface area (Å²) >= 11 is 0. The lowest BCUT2D eigenvalue weighted by Gasteiger charge is -2.16. The van der Waals surface area contributed by atoms with E-state index in [4.69, 9.17) is 0 Å². The monoisotopic (exact) mass is 233 g/mol. The van der Waals surface area contributed by atoms with E-state index < -0.39 is 0 Å². The molecular formula is C15H23NO. The molecule has 1 N–H and O–H groups in total. The molecule has 0 spiro atoms. The fourth-order valence-electron chi connectivity index (χ4n) is 1.88. The molecule has 17 heavy (non-hydrogen) atoms. The van der Waals surface area contributed by atoms with Gasteiger partial charge >= 0.3 is 0 Å². The average Bonchev–Trinajstić information content (AvgIpc) is 2.38. The van der Waals surface area contributed by atoms with E-state index in [1.807, 2.05) is 30.3 Å². The van der Waals surface area contributed by atoms with Crippen molar-refractivity contribution < 1.29 is 4.79 Å². The second kappa shape index (κ2) is 7.88. The molecule has 1 aromatic rings. The molecule has 0 aliphatic heterocycles. The van der Waals surface area contributed by atoms with Crippen molar-refractivity contribution in [2.45, 2.75) is 52.0 Å². The van der Waals surface area contributed by atoms with Crippen LogP contribution in [0, 0.1) is 0 Å². The third-order valence-corrected chi connectivity index (χ3v) is 3.02. The third-order valence-electron chi connectivity index (χ3n) is 3.02. The van der Waals surface area contributed by atoms with Crippen molar-refractivity contribution in [3.05, 3.63) is 35.9 Å². The Bertz CT molecular complexity index is 321. The van der Waals surface area contributed by atoms with Crippen LogP contribution >= 0.6 is 0 Å². The molecule has 0 unspecified atom stereocenters. The largest absolute Gasteiger partial charge is 0.349 e. The highest BCUT2D eigenvalue weighted by Crippen LogP contribution is 2.07. The van der Waals surface area contributed by atoms with Gasteiger partial charge in [-0.25, -0.2) is 0 Å². The summed E-state index contributed by atoms with van der Waals surface area (Å²) in [5.41, 5.74) is 0.751. The van der Waals surface area contributed by atoms with Gasteiger partial charge in [-0.15, -0.1) is 0 Å². The Morgan fingerprint density at radius 2 is 1.88 bits per heavy atom. The summed E-state index contributed by atoms with van der Waals surface area (Å²) in [7, 11) is 0. The van der Waals surface area contributed by atoms with Crippen LogP contribution in [0.5, 0.6) is 0 Å². The summed E-state index contributed by atoms with van der Waals surface area (Å²) in [6.45, 7) is 4.32. The van der Waals surface area contributed by atoms with E-state index in [0.717, 1.165) is 18.4 Å². The maximum absolute atomic E-state index is 11.9. The van der Waals surface area contributed by atoms with Gasteiger partial charge in [0.25, 0.3) is 5.91 Å². The van der Waals surface area contributed by atoms with Crippen LogP contribution in [-0.2, 0) is 0 Å². The molecular weight excluding hydrogens is 210 g/mol. The normalized spacial score (nSPS) is 12.1. The molecule has 0 saturated carbocycles. The van der Waals surface area contributed by atoms with Gasteiger partial charge < -0.3 is 5.32 Å². The number of unbranched alkanes of at least 4 members (excludes halogenated alkanes) is 2. The van der Waals surface area contributed by atoms with Gasteiger partial charge in [-0.2, -0.15) is 0 Å². The Balaban J connectivity index is 2.42. The Morgan fingerprint density at radius 3 is 2.47 bits per heavy atom. The summed E-state index contributed by atoms with van der Waals surface area (Å²) in [6, 6.07) is 9.74. The standard InChI is InChI=1S/C15H23NO/c1-3-5-7-12-14(4-2)16-15(17)13-10-8-6-9-11-13/h6,8-11,14H,3-5,7,12H2,1-2H3,(H,16,17)/t14-/m1/s1. The molecule has 94 valence electrons. The number of amides is 1. The number of benzene rings is 1. The van der Waals surface area contributed by atoms with Crippen LogP contribution in [0.25, 0.3) is 0 Å². The van der Waals surface area contributed by atoms with Gasteiger partial charge in [-0.05, 0) is 25.0 Å². The van der Waals surface area contributed by atoms with Crippen molar-refractivity contribution in [2.75, 3.05) is 0 Å². The Kier molecular flexibility index (Phi) is 6.38. The molecule has 1 aromatic carbocycles. The smallest absolute Gasteiger partial charge is 0.251 e. The minimum atomic E-state index is 0.0500. The van der Waals surface area contributed by atoms with Crippen molar-refractivity contribution in [1.29, 1.82) is 0 Å². The average molecular weight is 233 g/mol. The number of nitrogens with one attached hydrogen (secondary N) is 1. The molecule has 0 aliphatic rings. The molecule has 0 saturated heterocycles. The topological polar surface area (TPSA) is 29.1 Å². The number of hydrogen-bond donors (Lipinski definition) is 1. The SMILES string of the molecule is CCCCC[C@@H](CC)NC(=O)c1ccccc1. The molecule has 0 aliphatic carbocycles. The van der Waals surface area contributed by atoms with Crippen LogP contribution in [-0.4, -0.2) is 11.9 Å². The summed E-state index contributed by atoms with van der Waals surface area (Å²) in [6.07, 6.45) is 5.76. The number of hydrogen-bond acceptors (Lipinski definition) is 1. The van der Waals surface area contributed by atoms with Crippen molar-refractivity contribution in [3.63, 3.8) is 0 Å². The van der Waals surface area contributed by atoms with Gasteiger partial charge in [-0.1, -0.05) is 51.3 Å². The summed E-state index contributed by atoms with van der Waals surface area (Å²) < 4.78 is 0. The van der Waals surface area contributed by atoms with Gasteiger partial charge in [0.2, 0.25) is 0 Å². The van der Waals surface area contributed by atoms with Crippen molar-refractivity contribution in [1.82, 2.24) is 5.32 Å². The maximum atomic E-state index is 11.9. The van der Waals surface area contributed by atoms with Crippen molar-refractivity contribution >= 4 is 5.91 Å². The van der Waals surface area contributed by atoms with Crippen LogP contribution in [0.4, 0.5) is 0 Å². The molecule has 0 fully saturated rings. The van der Waals surface area contributed by atoms with Crippen LogP contribution in [0.1, 0.15) is 56.3 Å². The minimum absolute atomic E-state index is 0.0500. The van der Waals surface area contributed by atoms with Gasteiger partial charge in [0.15, 0.2) is 0 Å². The summed E-state index contributed by atoms with van der Waals surface area (Å²) in [4.78, 5) is 11.9. The van der Waals surface area contributed by atoms with Crippen LogP contribution < -0.4 is 5.32 Å². The molecule has 0 bridgehead atoms. The number of carbonyl (C=O) groups is 1. The van der Waals surface area contributed by atoms with E-state index in [2.05, 4.69) is 19.2 Å². The highest BCUT2D eigenvalue weighted by molar-refractivity contribution is 5.94. The molecule has 2 heteroatoms. The Morgan fingerprint density at radius 1 is 1.18 bits per heavy atom. The van der Waals surface area contributed by atoms with E-state index >= 15 is 0 Å². The highest BCUT2D eigenvalue weighted by atomic mass is 16.1. The van der Waals surface area contributed by atoms with Crippen LogP contribution in [0.15, 0.2) is 30.3 Å². The lowest BCUT2D eigenvalue weighted by atomic mass is 10.1. The van der Waals surface area contributed by atoms with Gasteiger partial charge in [0.1, 0.15) is 0 Å². The molecule has 1 rings (SSSR count). The zero-order valence-corrected chi connectivity index (χ0v) is 10.9. The summed E-state index contributed by atoms with van der Waals surface area (Å²) in [5.74, 6) is 0.0500. The zero-order chi connectivity index (χ0) is 12.5. The number of carbonyl (C=O) groups excluding carboxylic acids is 1. The first-order chi connectivity index (χ1) is 8.27. The van der Waals surface area contributed by atoms with E-state index in [0.29, 0.717) is 6.04 Å². The number of rotatable bonds is 7. The van der Waals surface area contributed by atoms with E-state index in [9.17, 15) is 4.79 Å². The second-order valence-electron chi connectivity index (χ2n) is 4.44. The first-order valence-corrected chi connectivity index (χ1v) is 6.63. The fraction of sp³-hybridized carbons (Fsp3) is 0.533. The maximum Gasteiger partial charge on any atom is 0.251 e. The lowest BCUT2D eigenvalue weighted by molar-refractivity contribution is 0.0933. The van der Waals surface area contributed by atoms with E-state index in [-0.39, 0.29) is 5.91 Å². The zero-order valence-electron chi connectivity index (χ0n) is 10.9. The molecule has 2 nitrogen and oxygen atoms in total. The lowest BCUT2D eigenvalue weighted by Crippen LogP contribution is -2.34. The molecule has 0 heterocycles. The first-order valence-electron chi connectivity index (χ1n) is 6.63. The van der Waals surface area contributed by atoms with Gasteiger partial charge in [0.05, 0.1) is 0 Å². The Hall–Kier alpha value is -1.31. The quantitative estimate of drug-likeness (QED) is 0.713. The predicted octanol–water partition coefficient (Wildman–Crippen LogP) is 3.78. The van der Waals surface area contributed by atoms with E-state index in [1.54, 1.807) is 0 Å². The second-order valence-corrected chi connectivity index (χ2v) is 4.44. The molecule has 1 atom stereocenters. The molecule has 0 radical (unpaired) electrons. The first kappa shape index (κ1) is 13.8. The van der Waals surface area contributed by atoms with Crippen LogP contribution in [0.2, 0.25) is 0 Å². The van der Waals surface area contributed by atoms with E-state index in [1.165, 1.54) is 19.3 Å². The highest BCUT2D eigenvalue weighted by Gasteiger charge is 2.11. The summed E-state index contributed by atoms with van der Waals surface area (Å²) in [5, 5.41) is 3.10. The Labute approximate surface area is 104 Å². The predicted molar refractivity (Wildman–Crippen MR) is 72.1 cm³/mol. The van der Waals surface area contributed by atoms with Crippen molar-refractivity contribution in [3.8, 4) is 0 Å². The fourth-order valence-corrected chi connectivity index (χ4v) is 1.88. The van der Waals surface area contributed by atoms with Crippen molar-refractivity contribution in [2.24, 2.45) is 0 Å². The molecule has 0 aromatic heterocycles.